The summed E-state index contributed by atoms with van der Waals surface area (Å²) in [4.78, 5) is 14.5. The number of urea groups is 1. The third-order valence-electron chi connectivity index (χ3n) is 3.91. The van der Waals surface area contributed by atoms with E-state index in [0.717, 1.165) is 22.8 Å². The molecule has 0 aliphatic carbocycles. The van der Waals surface area contributed by atoms with Crippen molar-refractivity contribution in [1.82, 2.24) is 4.90 Å². The number of hydrogen-bond donors (Lipinski definition) is 1. The zero-order valence-corrected chi connectivity index (χ0v) is 14.3. The number of anilines is 1. The molecule has 0 spiro atoms. The van der Waals surface area contributed by atoms with Crippen LogP contribution in [-0.2, 0) is 0 Å². The Morgan fingerprint density at radius 2 is 2.08 bits per heavy atom. The van der Waals surface area contributed by atoms with Gasteiger partial charge in [-0.25, -0.2) is 4.79 Å². The minimum absolute atomic E-state index is 0.0429. The van der Waals surface area contributed by atoms with Gasteiger partial charge in [0.15, 0.2) is 11.5 Å². The predicted octanol–water partition coefficient (Wildman–Crippen LogP) is 4.35. The summed E-state index contributed by atoms with van der Waals surface area (Å²) >= 11 is 7.71. The number of benzene rings is 2. The number of nitrogens with zero attached hydrogens (tertiary/aromatic N) is 1. The van der Waals surface area contributed by atoms with E-state index in [1.54, 1.807) is 23.9 Å². The van der Waals surface area contributed by atoms with Gasteiger partial charge in [0.05, 0.1) is 0 Å². The number of ether oxygens (including phenoxy) is 2. The highest BCUT2D eigenvalue weighted by molar-refractivity contribution is 7.99. The van der Waals surface area contributed by atoms with E-state index in [0.29, 0.717) is 17.3 Å². The van der Waals surface area contributed by atoms with E-state index in [4.69, 9.17) is 21.1 Å². The van der Waals surface area contributed by atoms with Gasteiger partial charge in [0.1, 0.15) is 5.37 Å². The molecule has 124 valence electrons. The van der Waals surface area contributed by atoms with Gasteiger partial charge in [0.25, 0.3) is 0 Å². The molecule has 1 N–H and O–H groups in total. The topological polar surface area (TPSA) is 50.8 Å². The Morgan fingerprint density at radius 1 is 1.21 bits per heavy atom. The average molecular weight is 363 g/mol. The number of rotatable bonds is 2. The zero-order valence-electron chi connectivity index (χ0n) is 12.7. The van der Waals surface area contributed by atoms with Crippen LogP contribution in [0.5, 0.6) is 11.5 Å². The summed E-state index contributed by atoms with van der Waals surface area (Å²) in [7, 11) is 0. The number of thioether (sulfide) groups is 1. The van der Waals surface area contributed by atoms with Gasteiger partial charge < -0.3 is 19.7 Å². The van der Waals surface area contributed by atoms with Gasteiger partial charge in [0.2, 0.25) is 6.79 Å². The summed E-state index contributed by atoms with van der Waals surface area (Å²) in [6, 6.07) is 12.8. The number of carbonyl (C=O) groups is 1. The summed E-state index contributed by atoms with van der Waals surface area (Å²) in [6.45, 7) is 0.936. The van der Waals surface area contributed by atoms with E-state index in [1.165, 1.54) is 0 Å². The van der Waals surface area contributed by atoms with Crippen LogP contribution >= 0.6 is 23.4 Å². The first kappa shape index (κ1) is 15.5. The number of nitrogens with one attached hydrogen (secondary N) is 1. The maximum absolute atomic E-state index is 12.6. The number of carbonyl (C=O) groups excluding carboxylic acids is 1. The Bertz CT molecular complexity index is 786. The van der Waals surface area contributed by atoms with E-state index in [2.05, 4.69) is 5.32 Å². The van der Waals surface area contributed by atoms with Crippen LogP contribution in [0.4, 0.5) is 10.5 Å². The van der Waals surface area contributed by atoms with Crippen molar-refractivity contribution >= 4 is 35.1 Å². The number of halogens is 1. The normalized spacial score (nSPS) is 18.7. The van der Waals surface area contributed by atoms with Gasteiger partial charge in [-0.15, -0.1) is 11.8 Å². The van der Waals surface area contributed by atoms with Crippen LogP contribution in [0.15, 0.2) is 42.5 Å². The lowest BCUT2D eigenvalue weighted by atomic mass is 10.2. The molecule has 2 aromatic rings. The van der Waals surface area contributed by atoms with E-state index in [9.17, 15) is 4.79 Å². The van der Waals surface area contributed by atoms with Gasteiger partial charge in [-0.1, -0.05) is 23.7 Å². The quantitative estimate of drug-likeness (QED) is 0.863. The Kier molecular flexibility index (Phi) is 4.16. The molecule has 2 amide bonds. The fourth-order valence-electron chi connectivity index (χ4n) is 2.78. The second-order valence-corrected chi connectivity index (χ2v) is 7.09. The molecule has 5 nitrogen and oxygen atoms in total. The van der Waals surface area contributed by atoms with Crippen molar-refractivity contribution < 1.29 is 14.3 Å². The fourth-order valence-corrected chi connectivity index (χ4v) is 4.22. The molecular formula is C17H15ClN2O3S. The summed E-state index contributed by atoms with van der Waals surface area (Å²) in [6.07, 6.45) is 0. The molecule has 0 bridgehead atoms. The van der Waals surface area contributed by atoms with Gasteiger partial charge in [0, 0.05) is 23.0 Å². The minimum atomic E-state index is -0.134. The number of hydrogen-bond acceptors (Lipinski definition) is 4. The van der Waals surface area contributed by atoms with Gasteiger partial charge in [-0.3, -0.25) is 0 Å². The lowest BCUT2D eigenvalue weighted by molar-refractivity contribution is 0.174. The van der Waals surface area contributed by atoms with Gasteiger partial charge in [-0.2, -0.15) is 0 Å². The van der Waals surface area contributed by atoms with Crippen LogP contribution in [-0.4, -0.2) is 30.0 Å². The minimum Gasteiger partial charge on any atom is -0.454 e. The van der Waals surface area contributed by atoms with Gasteiger partial charge >= 0.3 is 6.03 Å². The smallest absolute Gasteiger partial charge is 0.323 e. The second-order valence-electron chi connectivity index (χ2n) is 5.47. The maximum Gasteiger partial charge on any atom is 0.323 e. The van der Waals surface area contributed by atoms with E-state index < -0.39 is 0 Å². The lowest BCUT2D eigenvalue weighted by Crippen LogP contribution is -2.34. The molecule has 1 saturated heterocycles. The third kappa shape index (κ3) is 2.99. The molecule has 2 heterocycles. The zero-order chi connectivity index (χ0) is 16.5. The third-order valence-corrected chi connectivity index (χ3v) is 5.41. The van der Waals surface area contributed by atoms with Crippen molar-refractivity contribution in [3.05, 3.63) is 53.1 Å². The van der Waals surface area contributed by atoms with E-state index in [1.807, 2.05) is 35.2 Å². The Labute approximate surface area is 148 Å². The molecule has 2 aromatic carbocycles. The molecule has 24 heavy (non-hydrogen) atoms. The van der Waals surface area contributed by atoms with E-state index >= 15 is 0 Å². The first-order valence-corrected chi connectivity index (χ1v) is 8.98. The van der Waals surface area contributed by atoms with Crippen LogP contribution in [0.1, 0.15) is 10.9 Å². The highest BCUT2D eigenvalue weighted by atomic mass is 35.5. The fraction of sp³-hybridized carbons (Fsp3) is 0.235. The van der Waals surface area contributed by atoms with Crippen LogP contribution in [0.2, 0.25) is 5.02 Å². The summed E-state index contributed by atoms with van der Waals surface area (Å²) < 4.78 is 10.8. The Morgan fingerprint density at radius 3 is 2.96 bits per heavy atom. The SMILES string of the molecule is O=C(Nc1cccc(Cl)c1)N1CCSC1c1ccc2c(c1)OCO2. The van der Waals surface area contributed by atoms with E-state index in [-0.39, 0.29) is 18.2 Å². The van der Waals surface area contributed by atoms with Crippen molar-refractivity contribution in [3.63, 3.8) is 0 Å². The van der Waals surface area contributed by atoms with Crippen molar-refractivity contribution in [2.24, 2.45) is 0 Å². The summed E-state index contributed by atoms with van der Waals surface area (Å²) in [5.41, 5.74) is 1.72. The molecule has 0 radical (unpaired) electrons. The first-order chi connectivity index (χ1) is 11.7. The molecule has 1 atom stereocenters. The van der Waals surface area contributed by atoms with Crippen LogP contribution < -0.4 is 14.8 Å². The number of amides is 2. The standard InChI is InChI=1S/C17H15ClN2O3S/c18-12-2-1-3-13(9-12)19-17(21)20-6-7-24-16(20)11-4-5-14-15(8-11)23-10-22-14/h1-5,8-9,16H,6-7,10H2,(H,19,21). The molecule has 4 rings (SSSR count). The van der Waals surface area contributed by atoms with Crippen molar-refractivity contribution in [2.75, 3.05) is 24.4 Å². The molecule has 0 aromatic heterocycles. The van der Waals surface area contributed by atoms with Crippen LogP contribution in [0.25, 0.3) is 0 Å². The molecule has 0 saturated carbocycles. The average Bonchev–Trinajstić information content (AvgIpc) is 3.23. The first-order valence-electron chi connectivity index (χ1n) is 7.55. The summed E-state index contributed by atoms with van der Waals surface area (Å²) in [5, 5.41) is 3.46. The highest BCUT2D eigenvalue weighted by Crippen LogP contribution is 2.42. The Hall–Kier alpha value is -2.05. The Balaban J connectivity index is 1.53. The van der Waals surface area contributed by atoms with Crippen molar-refractivity contribution in [2.45, 2.75) is 5.37 Å². The molecule has 1 unspecified atom stereocenters. The van der Waals surface area contributed by atoms with Crippen LogP contribution in [0.3, 0.4) is 0 Å². The van der Waals surface area contributed by atoms with Gasteiger partial charge in [-0.05, 0) is 35.9 Å². The molecular weight excluding hydrogens is 348 g/mol. The van der Waals surface area contributed by atoms with Crippen molar-refractivity contribution in [3.8, 4) is 11.5 Å². The molecule has 2 aliphatic heterocycles. The maximum atomic E-state index is 12.6. The molecule has 7 heteroatoms. The molecule has 2 aliphatic rings. The second kappa shape index (κ2) is 6.45. The molecule has 1 fully saturated rings. The predicted molar refractivity (Wildman–Crippen MR) is 94.9 cm³/mol. The lowest BCUT2D eigenvalue weighted by Gasteiger charge is -2.24. The largest absolute Gasteiger partial charge is 0.454 e. The number of fused-ring (bicyclic) bond motifs is 1. The van der Waals surface area contributed by atoms with Crippen molar-refractivity contribution in [1.29, 1.82) is 0 Å². The summed E-state index contributed by atoms with van der Waals surface area (Å²) in [5.74, 6) is 2.37. The highest BCUT2D eigenvalue weighted by Gasteiger charge is 2.31. The van der Waals surface area contributed by atoms with Crippen LogP contribution in [0, 0.1) is 0 Å². The monoisotopic (exact) mass is 362 g/mol.